The van der Waals surface area contributed by atoms with Crippen LogP contribution in [-0.4, -0.2) is 38.1 Å². The van der Waals surface area contributed by atoms with Gasteiger partial charge in [0, 0.05) is 23.5 Å². The third kappa shape index (κ3) is 2.33. The van der Waals surface area contributed by atoms with Crippen LogP contribution in [0.5, 0.6) is 0 Å². The van der Waals surface area contributed by atoms with Gasteiger partial charge in [-0.1, -0.05) is 11.6 Å². The van der Waals surface area contributed by atoms with Crippen molar-refractivity contribution in [2.24, 2.45) is 0 Å². The van der Waals surface area contributed by atoms with Gasteiger partial charge in [-0.25, -0.2) is 23.3 Å². The Kier molecular flexibility index (Phi) is 3.50. The summed E-state index contributed by atoms with van der Waals surface area (Å²) in [6, 6.07) is 1.96. The van der Waals surface area contributed by atoms with Crippen LogP contribution in [0.25, 0.3) is 27.3 Å². The Hall–Kier alpha value is -2.16. The van der Waals surface area contributed by atoms with Gasteiger partial charge < -0.3 is 4.90 Å². The predicted molar refractivity (Wildman–Crippen MR) is 96.6 cm³/mol. The Bertz CT molecular complexity index is 1190. The summed E-state index contributed by atoms with van der Waals surface area (Å²) < 4.78 is 28.6. The first kappa shape index (κ1) is 16.0. The Morgan fingerprint density at radius 2 is 2.04 bits per heavy atom. The quantitative estimate of drug-likeness (QED) is 0.461. The first-order valence-electron chi connectivity index (χ1n) is 8.00. The average Bonchev–Trinajstić information content (AvgIpc) is 3.17. The molecule has 0 saturated carbocycles. The van der Waals surface area contributed by atoms with E-state index in [1.54, 1.807) is 22.2 Å². The number of benzene rings is 1. The fourth-order valence-electron chi connectivity index (χ4n) is 3.33. The molecule has 1 aliphatic heterocycles. The van der Waals surface area contributed by atoms with E-state index in [2.05, 4.69) is 27.0 Å². The summed E-state index contributed by atoms with van der Waals surface area (Å²) in [6.45, 7) is 1.86. The van der Waals surface area contributed by atoms with Gasteiger partial charge in [-0.15, -0.1) is 16.4 Å². The molecule has 0 amide bonds. The van der Waals surface area contributed by atoms with Gasteiger partial charge in [-0.3, -0.25) is 0 Å². The van der Waals surface area contributed by atoms with E-state index in [9.17, 15) is 8.78 Å². The number of halogens is 3. The zero-order chi connectivity index (χ0) is 18.0. The van der Waals surface area contributed by atoms with E-state index in [0.29, 0.717) is 5.65 Å². The van der Waals surface area contributed by atoms with Crippen molar-refractivity contribution in [1.29, 1.82) is 0 Å². The van der Waals surface area contributed by atoms with Crippen molar-refractivity contribution >= 4 is 38.8 Å². The molecule has 0 bridgehead atoms. The van der Waals surface area contributed by atoms with Crippen molar-refractivity contribution in [2.75, 3.05) is 13.6 Å². The largest absolute Gasteiger partial charge is 0.301 e. The van der Waals surface area contributed by atoms with Crippen molar-refractivity contribution in [3.63, 3.8) is 0 Å². The Labute approximate surface area is 155 Å². The molecular formula is C17H12ClF2N5S. The average molecular weight is 392 g/mol. The Balaban J connectivity index is 1.76. The van der Waals surface area contributed by atoms with Gasteiger partial charge in [-0.05, 0) is 31.2 Å². The Morgan fingerprint density at radius 1 is 1.23 bits per heavy atom. The third-order valence-electron chi connectivity index (χ3n) is 4.62. The highest BCUT2D eigenvalue weighted by atomic mass is 35.5. The predicted octanol–water partition coefficient (Wildman–Crippen LogP) is 3.93. The molecule has 0 aliphatic carbocycles. The minimum Gasteiger partial charge on any atom is -0.301 e. The maximum Gasteiger partial charge on any atom is 0.183 e. The molecule has 26 heavy (non-hydrogen) atoms. The van der Waals surface area contributed by atoms with Crippen LogP contribution in [0.1, 0.15) is 10.4 Å². The van der Waals surface area contributed by atoms with Crippen LogP contribution in [0.3, 0.4) is 0 Å². The number of aromatic nitrogens is 4. The molecule has 0 saturated heterocycles. The number of rotatable bonds is 1. The Morgan fingerprint density at radius 3 is 2.88 bits per heavy atom. The summed E-state index contributed by atoms with van der Waals surface area (Å²) in [5, 5.41) is 5.42. The third-order valence-corrected chi connectivity index (χ3v) is 6.06. The van der Waals surface area contributed by atoms with Crippen LogP contribution in [0.4, 0.5) is 8.78 Å². The van der Waals surface area contributed by atoms with Crippen LogP contribution in [0, 0.1) is 11.6 Å². The zero-order valence-electron chi connectivity index (χ0n) is 13.6. The van der Waals surface area contributed by atoms with Crippen molar-refractivity contribution in [2.45, 2.75) is 13.0 Å². The molecule has 1 aromatic carbocycles. The van der Waals surface area contributed by atoms with Crippen molar-refractivity contribution in [3.8, 4) is 11.4 Å². The number of thiophene rings is 1. The van der Waals surface area contributed by atoms with E-state index >= 15 is 0 Å². The highest BCUT2D eigenvalue weighted by Gasteiger charge is 2.23. The molecule has 4 heterocycles. The van der Waals surface area contributed by atoms with E-state index in [1.165, 1.54) is 10.4 Å². The van der Waals surface area contributed by atoms with Crippen LogP contribution in [0.15, 0.2) is 18.5 Å². The SMILES string of the molecule is CN1CCc2c(sc3ncn4nc(-c5cc(F)c(F)cc5Cl)nc4c23)C1. The molecule has 4 aromatic rings. The first-order valence-corrected chi connectivity index (χ1v) is 9.20. The lowest BCUT2D eigenvalue weighted by Crippen LogP contribution is -2.25. The van der Waals surface area contributed by atoms with Crippen molar-refractivity contribution < 1.29 is 8.78 Å². The molecule has 0 unspecified atom stereocenters. The fraction of sp³-hybridized carbons (Fsp3) is 0.235. The molecule has 9 heteroatoms. The van der Waals surface area contributed by atoms with E-state index in [-0.39, 0.29) is 16.4 Å². The van der Waals surface area contributed by atoms with Crippen molar-refractivity contribution in [1.82, 2.24) is 24.5 Å². The molecule has 0 radical (unpaired) electrons. The second-order valence-electron chi connectivity index (χ2n) is 6.37. The maximum absolute atomic E-state index is 13.7. The van der Waals surface area contributed by atoms with E-state index in [4.69, 9.17) is 11.6 Å². The lowest BCUT2D eigenvalue weighted by molar-refractivity contribution is 0.318. The maximum atomic E-state index is 13.7. The molecule has 5 nitrogen and oxygen atoms in total. The van der Waals surface area contributed by atoms with Gasteiger partial charge in [-0.2, -0.15) is 0 Å². The van der Waals surface area contributed by atoms with Crippen molar-refractivity contribution in [3.05, 3.63) is 45.6 Å². The van der Waals surface area contributed by atoms with Gasteiger partial charge in [0.1, 0.15) is 11.2 Å². The monoisotopic (exact) mass is 391 g/mol. The van der Waals surface area contributed by atoms with Gasteiger partial charge in [0.05, 0.1) is 10.4 Å². The second kappa shape index (κ2) is 5.67. The topological polar surface area (TPSA) is 46.3 Å². The summed E-state index contributed by atoms with van der Waals surface area (Å²) in [7, 11) is 2.09. The first-order chi connectivity index (χ1) is 12.5. The lowest BCUT2D eigenvalue weighted by atomic mass is 10.1. The minimum atomic E-state index is -0.998. The van der Waals surface area contributed by atoms with Gasteiger partial charge >= 0.3 is 0 Å². The number of nitrogens with zero attached hydrogens (tertiary/aromatic N) is 5. The molecule has 0 fully saturated rings. The molecule has 0 atom stereocenters. The summed E-state index contributed by atoms with van der Waals surface area (Å²) in [5.41, 5.74) is 2.16. The highest BCUT2D eigenvalue weighted by molar-refractivity contribution is 7.19. The van der Waals surface area contributed by atoms with E-state index < -0.39 is 11.6 Å². The van der Waals surface area contributed by atoms with Gasteiger partial charge in [0.25, 0.3) is 0 Å². The van der Waals surface area contributed by atoms with Gasteiger partial charge in [0.15, 0.2) is 23.1 Å². The molecule has 5 rings (SSSR count). The summed E-state index contributed by atoms with van der Waals surface area (Å²) in [5.74, 6) is -1.74. The number of likely N-dealkylation sites (N-methyl/N-ethyl adjacent to an activating group) is 1. The summed E-state index contributed by atoms with van der Waals surface area (Å²) >= 11 is 7.74. The fourth-order valence-corrected chi connectivity index (χ4v) is 4.82. The smallest absolute Gasteiger partial charge is 0.183 e. The number of hydrogen-bond acceptors (Lipinski definition) is 5. The second-order valence-corrected chi connectivity index (χ2v) is 7.86. The minimum absolute atomic E-state index is 0.0676. The lowest BCUT2D eigenvalue weighted by Gasteiger charge is -2.21. The molecule has 0 spiro atoms. The van der Waals surface area contributed by atoms with E-state index in [0.717, 1.165) is 41.9 Å². The number of hydrogen-bond donors (Lipinski definition) is 0. The van der Waals surface area contributed by atoms with Crippen LogP contribution in [-0.2, 0) is 13.0 Å². The molecule has 1 aliphatic rings. The molecule has 3 aromatic heterocycles. The van der Waals surface area contributed by atoms with Crippen LogP contribution >= 0.6 is 22.9 Å². The van der Waals surface area contributed by atoms with Gasteiger partial charge in [0.2, 0.25) is 0 Å². The zero-order valence-corrected chi connectivity index (χ0v) is 15.2. The summed E-state index contributed by atoms with van der Waals surface area (Å²) in [6.07, 6.45) is 2.51. The standard InChI is InChI=1S/C17H12ClF2N5S/c1-24-3-2-8-13(6-24)26-17-14(8)16-22-15(23-25(16)7-21-17)9-4-11(19)12(20)5-10(9)18/h4-5,7H,2-3,6H2,1H3. The summed E-state index contributed by atoms with van der Waals surface area (Å²) in [4.78, 5) is 13.5. The van der Waals surface area contributed by atoms with E-state index in [1.807, 2.05) is 0 Å². The molecule has 0 N–H and O–H groups in total. The highest BCUT2D eigenvalue weighted by Crippen LogP contribution is 2.36. The number of fused-ring (bicyclic) bond motifs is 5. The molecule has 132 valence electrons. The normalized spacial score (nSPS) is 15.1. The van der Waals surface area contributed by atoms with Crippen LogP contribution < -0.4 is 0 Å². The molecular weight excluding hydrogens is 380 g/mol. The van der Waals surface area contributed by atoms with Crippen LogP contribution in [0.2, 0.25) is 5.02 Å².